The van der Waals surface area contributed by atoms with Crippen molar-refractivity contribution in [3.8, 4) is 11.5 Å². The van der Waals surface area contributed by atoms with Crippen LogP contribution in [-0.2, 0) is 16.1 Å². The number of nitrogens with one attached hydrogen (secondary N) is 1. The average Bonchev–Trinajstić information content (AvgIpc) is 3.17. The maximum Gasteiger partial charge on any atom is 0.359 e. The molecule has 8 nitrogen and oxygen atoms in total. The first-order chi connectivity index (χ1) is 13.9. The van der Waals surface area contributed by atoms with Crippen molar-refractivity contribution >= 4 is 17.5 Å². The van der Waals surface area contributed by atoms with Crippen molar-refractivity contribution in [1.82, 2.24) is 14.7 Å². The quantitative estimate of drug-likeness (QED) is 0.616. The third-order valence-electron chi connectivity index (χ3n) is 4.47. The predicted octanol–water partition coefficient (Wildman–Crippen LogP) is 2.52. The van der Waals surface area contributed by atoms with E-state index in [1.165, 1.54) is 6.92 Å². The summed E-state index contributed by atoms with van der Waals surface area (Å²) in [5.41, 5.74) is 2.56. The van der Waals surface area contributed by atoms with E-state index < -0.39 is 18.0 Å². The number of carbonyl (C=O) groups is 2. The van der Waals surface area contributed by atoms with Crippen LogP contribution in [0.2, 0.25) is 0 Å². The number of hydrogen-bond donors (Lipinski definition) is 1. The van der Waals surface area contributed by atoms with Crippen molar-refractivity contribution in [2.24, 2.45) is 0 Å². The Morgan fingerprint density at radius 1 is 1.14 bits per heavy atom. The molecule has 3 rings (SSSR count). The first kappa shape index (κ1) is 20.2. The zero-order chi connectivity index (χ0) is 21.0. The number of aryl methyl sites for hydroxylation is 1. The molecule has 0 aliphatic rings. The number of esters is 1. The monoisotopic (exact) mass is 397 g/mol. The minimum atomic E-state index is -0.964. The number of benzene rings is 1. The van der Waals surface area contributed by atoms with Gasteiger partial charge in [0.1, 0.15) is 5.65 Å². The molecule has 0 saturated heterocycles. The van der Waals surface area contributed by atoms with E-state index in [0.29, 0.717) is 17.1 Å². The summed E-state index contributed by atoms with van der Waals surface area (Å²) in [4.78, 5) is 28.9. The molecule has 0 saturated carbocycles. The molecule has 8 heteroatoms. The van der Waals surface area contributed by atoms with Gasteiger partial charge >= 0.3 is 5.97 Å². The SMILES string of the molecule is COc1ccc(CNC(=O)[C@H](C)OC(=O)c2cn3c(C)cccc3n2)cc1OC. The third-order valence-corrected chi connectivity index (χ3v) is 4.47. The molecule has 1 atom stereocenters. The second-order valence-corrected chi connectivity index (χ2v) is 6.48. The summed E-state index contributed by atoms with van der Waals surface area (Å²) in [6.07, 6.45) is 0.634. The van der Waals surface area contributed by atoms with Crippen LogP contribution in [-0.4, -0.2) is 41.6 Å². The van der Waals surface area contributed by atoms with Gasteiger partial charge in [0.2, 0.25) is 0 Å². The largest absolute Gasteiger partial charge is 0.493 e. The van der Waals surface area contributed by atoms with Crippen molar-refractivity contribution < 1.29 is 23.8 Å². The molecule has 152 valence electrons. The molecule has 0 fully saturated rings. The minimum absolute atomic E-state index is 0.152. The smallest absolute Gasteiger partial charge is 0.359 e. The molecular formula is C21H23N3O5. The van der Waals surface area contributed by atoms with Gasteiger partial charge in [-0.25, -0.2) is 9.78 Å². The van der Waals surface area contributed by atoms with Gasteiger partial charge in [-0.2, -0.15) is 0 Å². The Morgan fingerprint density at radius 2 is 1.90 bits per heavy atom. The minimum Gasteiger partial charge on any atom is -0.493 e. The summed E-state index contributed by atoms with van der Waals surface area (Å²) in [7, 11) is 3.10. The van der Waals surface area contributed by atoms with Crippen molar-refractivity contribution in [3.05, 3.63) is 59.5 Å². The molecule has 0 spiro atoms. The molecule has 3 aromatic rings. The lowest BCUT2D eigenvalue weighted by molar-refractivity contribution is -0.129. The van der Waals surface area contributed by atoms with E-state index in [-0.39, 0.29) is 12.2 Å². The summed E-state index contributed by atoms with van der Waals surface area (Å²) >= 11 is 0. The molecule has 0 aliphatic carbocycles. The molecule has 0 bridgehead atoms. The number of carbonyl (C=O) groups excluding carboxylic acids is 2. The normalized spacial score (nSPS) is 11.7. The fourth-order valence-electron chi connectivity index (χ4n) is 2.84. The van der Waals surface area contributed by atoms with Gasteiger partial charge in [0.25, 0.3) is 5.91 Å². The maximum atomic E-state index is 12.4. The van der Waals surface area contributed by atoms with Crippen LogP contribution >= 0.6 is 0 Å². The highest BCUT2D eigenvalue weighted by Crippen LogP contribution is 2.27. The van der Waals surface area contributed by atoms with E-state index in [0.717, 1.165) is 11.3 Å². The van der Waals surface area contributed by atoms with E-state index in [2.05, 4.69) is 10.3 Å². The number of pyridine rings is 1. The Hall–Kier alpha value is -3.55. The molecule has 0 radical (unpaired) electrons. The molecule has 1 N–H and O–H groups in total. The van der Waals surface area contributed by atoms with E-state index in [4.69, 9.17) is 14.2 Å². The topological polar surface area (TPSA) is 91.2 Å². The van der Waals surface area contributed by atoms with Crippen LogP contribution in [0.15, 0.2) is 42.6 Å². The second-order valence-electron chi connectivity index (χ2n) is 6.48. The second kappa shape index (κ2) is 8.64. The van der Waals surface area contributed by atoms with Gasteiger partial charge in [0.05, 0.1) is 14.2 Å². The highest BCUT2D eigenvalue weighted by Gasteiger charge is 2.21. The summed E-state index contributed by atoms with van der Waals surface area (Å²) < 4.78 is 17.5. The van der Waals surface area contributed by atoms with Gasteiger partial charge in [-0.15, -0.1) is 0 Å². The fraction of sp³-hybridized carbons (Fsp3) is 0.286. The van der Waals surface area contributed by atoms with E-state index in [9.17, 15) is 9.59 Å². The van der Waals surface area contributed by atoms with Gasteiger partial charge in [-0.05, 0) is 43.7 Å². The van der Waals surface area contributed by atoms with E-state index >= 15 is 0 Å². The number of imidazole rings is 1. The molecule has 1 aromatic carbocycles. The number of hydrogen-bond acceptors (Lipinski definition) is 6. The Labute approximate surface area is 168 Å². The van der Waals surface area contributed by atoms with Crippen LogP contribution in [0.1, 0.15) is 28.7 Å². The third kappa shape index (κ3) is 4.48. The van der Waals surface area contributed by atoms with Crippen LogP contribution in [0.3, 0.4) is 0 Å². The molecule has 2 aromatic heterocycles. The number of nitrogens with zero attached hydrogens (tertiary/aromatic N) is 2. The highest BCUT2D eigenvalue weighted by molar-refractivity contribution is 5.91. The highest BCUT2D eigenvalue weighted by atomic mass is 16.5. The van der Waals surface area contributed by atoms with Gasteiger partial charge in [0, 0.05) is 18.4 Å². The maximum absolute atomic E-state index is 12.4. The van der Waals surface area contributed by atoms with Gasteiger partial charge in [-0.3, -0.25) is 4.79 Å². The first-order valence-electron chi connectivity index (χ1n) is 9.07. The molecule has 0 unspecified atom stereocenters. The lowest BCUT2D eigenvalue weighted by Crippen LogP contribution is -2.35. The van der Waals surface area contributed by atoms with Gasteiger partial charge < -0.3 is 23.9 Å². The molecule has 1 amide bonds. The standard InChI is InChI=1S/C21H23N3O5/c1-13-6-5-7-19-23-16(12-24(13)19)21(26)29-14(2)20(25)22-11-15-8-9-17(27-3)18(10-15)28-4/h5-10,12,14H,11H2,1-4H3,(H,22,25)/t14-/m0/s1. The van der Waals surface area contributed by atoms with E-state index in [1.54, 1.807) is 43.0 Å². The van der Waals surface area contributed by atoms with Crippen molar-refractivity contribution in [3.63, 3.8) is 0 Å². The summed E-state index contributed by atoms with van der Waals surface area (Å²) in [6.45, 7) is 3.69. The lowest BCUT2D eigenvalue weighted by Gasteiger charge is -2.14. The molecule has 2 heterocycles. The predicted molar refractivity (Wildman–Crippen MR) is 106 cm³/mol. The number of rotatable bonds is 7. The lowest BCUT2D eigenvalue weighted by atomic mass is 10.2. The summed E-state index contributed by atoms with van der Waals surface area (Å²) in [5.74, 6) is 0.114. The number of amides is 1. The first-order valence-corrected chi connectivity index (χ1v) is 9.07. The van der Waals surface area contributed by atoms with Crippen LogP contribution in [0, 0.1) is 6.92 Å². The van der Waals surface area contributed by atoms with Crippen LogP contribution in [0.5, 0.6) is 11.5 Å². The van der Waals surface area contributed by atoms with Crippen molar-refractivity contribution in [1.29, 1.82) is 0 Å². The van der Waals surface area contributed by atoms with Crippen LogP contribution < -0.4 is 14.8 Å². The van der Waals surface area contributed by atoms with Crippen molar-refractivity contribution in [2.75, 3.05) is 14.2 Å². The Balaban J connectivity index is 1.59. The molecular weight excluding hydrogens is 374 g/mol. The Bertz CT molecular complexity index is 1040. The molecule has 29 heavy (non-hydrogen) atoms. The van der Waals surface area contributed by atoms with Crippen LogP contribution in [0.4, 0.5) is 0 Å². The fourth-order valence-corrected chi connectivity index (χ4v) is 2.84. The zero-order valence-corrected chi connectivity index (χ0v) is 16.8. The Kier molecular flexibility index (Phi) is 6.01. The number of ether oxygens (including phenoxy) is 3. The van der Waals surface area contributed by atoms with Crippen LogP contribution in [0.25, 0.3) is 5.65 Å². The summed E-state index contributed by atoms with van der Waals surface area (Å²) in [6, 6.07) is 10.9. The number of fused-ring (bicyclic) bond motifs is 1. The van der Waals surface area contributed by atoms with Crippen molar-refractivity contribution in [2.45, 2.75) is 26.5 Å². The van der Waals surface area contributed by atoms with Gasteiger partial charge in [-0.1, -0.05) is 12.1 Å². The number of methoxy groups -OCH3 is 2. The zero-order valence-electron chi connectivity index (χ0n) is 16.8. The molecule has 0 aliphatic heterocycles. The Morgan fingerprint density at radius 3 is 2.59 bits per heavy atom. The average molecular weight is 397 g/mol. The number of aromatic nitrogens is 2. The van der Waals surface area contributed by atoms with Gasteiger partial charge in [0.15, 0.2) is 23.3 Å². The van der Waals surface area contributed by atoms with E-state index in [1.807, 2.05) is 25.1 Å². The summed E-state index contributed by atoms with van der Waals surface area (Å²) in [5, 5.41) is 2.74.